The minimum atomic E-state index is -1.23. The topological polar surface area (TPSA) is 82.9 Å². The van der Waals surface area contributed by atoms with Crippen LogP contribution in [0.2, 0.25) is 0 Å². The molecular weight excluding hydrogens is 504 g/mol. The van der Waals surface area contributed by atoms with Crippen LogP contribution >= 0.6 is 0 Å². The lowest BCUT2D eigenvalue weighted by Crippen LogP contribution is -2.44. The summed E-state index contributed by atoms with van der Waals surface area (Å²) >= 11 is 0. The van der Waals surface area contributed by atoms with Gasteiger partial charge in [0.2, 0.25) is 0 Å². The predicted molar refractivity (Wildman–Crippen MR) is 133 cm³/mol. The lowest BCUT2D eigenvalue weighted by atomic mass is 9.74. The van der Waals surface area contributed by atoms with Crippen molar-refractivity contribution in [3.8, 4) is 5.75 Å². The maximum absolute atomic E-state index is 14.7. The average Bonchev–Trinajstić information content (AvgIpc) is 2.89. The molecule has 1 atom stereocenters. The minimum Gasteiger partial charge on any atom is -0.497 e. The van der Waals surface area contributed by atoms with Gasteiger partial charge in [0, 0.05) is 28.6 Å². The molecule has 1 aliphatic heterocycles. The lowest BCUT2D eigenvalue weighted by molar-refractivity contribution is -0.153. The zero-order valence-electron chi connectivity index (χ0n) is 21.0. The van der Waals surface area contributed by atoms with Crippen molar-refractivity contribution in [2.75, 3.05) is 26.7 Å². The Labute approximate surface area is 217 Å². The molecule has 0 aliphatic carbocycles. The van der Waals surface area contributed by atoms with Crippen LogP contribution in [-0.4, -0.2) is 52.8 Å². The molecule has 0 radical (unpaired) electrons. The number of hydrogen-bond acceptors (Lipinski definition) is 5. The van der Waals surface area contributed by atoms with Gasteiger partial charge in [-0.1, -0.05) is 0 Å². The first-order chi connectivity index (χ1) is 18.1. The van der Waals surface area contributed by atoms with E-state index in [0.717, 1.165) is 6.20 Å². The van der Waals surface area contributed by atoms with Gasteiger partial charge in [0.15, 0.2) is 0 Å². The molecule has 1 aliphatic rings. The van der Waals surface area contributed by atoms with E-state index in [1.807, 2.05) is 4.90 Å². The van der Waals surface area contributed by atoms with Gasteiger partial charge in [0.25, 0.3) is 0 Å². The molecule has 38 heavy (non-hydrogen) atoms. The van der Waals surface area contributed by atoms with Crippen molar-refractivity contribution in [2.24, 2.45) is 5.41 Å². The number of aromatic nitrogens is 1. The van der Waals surface area contributed by atoms with Crippen molar-refractivity contribution in [1.82, 2.24) is 9.88 Å². The number of benzene rings is 2. The van der Waals surface area contributed by atoms with Crippen molar-refractivity contribution in [1.29, 1.82) is 0 Å². The largest absolute Gasteiger partial charge is 0.497 e. The molecule has 204 valence electrons. The minimum absolute atomic E-state index is 0.0443. The SMILES string of the molecule is COc1ccc2ncc(F)c(C(O)CCC3(C(=O)O)CCN(CCCc4c(F)cc(F)cc4F)CC3)c2c1. The highest BCUT2D eigenvalue weighted by molar-refractivity contribution is 5.84. The van der Waals surface area contributed by atoms with Gasteiger partial charge in [0.05, 0.1) is 30.3 Å². The molecule has 1 unspecified atom stereocenters. The van der Waals surface area contributed by atoms with Crippen molar-refractivity contribution < 1.29 is 37.3 Å². The number of hydrogen-bond donors (Lipinski definition) is 2. The molecule has 2 N–H and O–H groups in total. The number of halogens is 4. The monoisotopic (exact) mass is 534 g/mol. The summed E-state index contributed by atoms with van der Waals surface area (Å²) in [5.74, 6) is -3.96. The Morgan fingerprint density at radius 1 is 1.11 bits per heavy atom. The van der Waals surface area contributed by atoms with E-state index in [1.165, 1.54) is 7.11 Å². The Morgan fingerprint density at radius 2 is 1.79 bits per heavy atom. The summed E-state index contributed by atoms with van der Waals surface area (Å²) in [6, 6.07) is 6.26. The number of fused-ring (bicyclic) bond motifs is 1. The van der Waals surface area contributed by atoms with Crippen LogP contribution in [0.15, 0.2) is 36.5 Å². The molecule has 0 bridgehead atoms. The molecule has 1 aromatic heterocycles. The molecule has 1 saturated heterocycles. The van der Waals surface area contributed by atoms with Crippen molar-refractivity contribution in [2.45, 2.75) is 44.6 Å². The molecule has 2 aromatic carbocycles. The first-order valence-electron chi connectivity index (χ1n) is 12.5. The van der Waals surface area contributed by atoms with E-state index in [0.29, 0.717) is 67.7 Å². The quantitative estimate of drug-likeness (QED) is 0.339. The van der Waals surface area contributed by atoms with Crippen LogP contribution in [0.3, 0.4) is 0 Å². The van der Waals surface area contributed by atoms with Crippen molar-refractivity contribution in [3.63, 3.8) is 0 Å². The Hall–Kier alpha value is -3.24. The highest BCUT2D eigenvalue weighted by Crippen LogP contribution is 2.40. The number of carboxylic acids is 1. The number of aliphatic carboxylic acids is 1. The number of nitrogens with zero attached hydrogens (tertiary/aromatic N) is 2. The summed E-state index contributed by atoms with van der Waals surface area (Å²) in [6.45, 7) is 1.42. The summed E-state index contributed by atoms with van der Waals surface area (Å²) < 4.78 is 60.8. The molecule has 0 saturated carbocycles. The maximum Gasteiger partial charge on any atom is 0.309 e. The number of aliphatic hydroxyl groups excluding tert-OH is 1. The van der Waals surface area contributed by atoms with Crippen LogP contribution in [0, 0.1) is 28.7 Å². The standard InChI is InChI=1S/C28H30F4N2O4/c1-38-18-4-5-24-20(15-18)26(23(32)16-33-24)25(35)6-7-28(27(36)37)8-11-34(12-9-28)10-2-3-19-21(30)13-17(29)14-22(19)31/h4-5,13-16,25,35H,2-3,6-12H2,1H3,(H,36,37). The molecule has 2 heterocycles. The summed E-state index contributed by atoms with van der Waals surface area (Å²) in [5, 5.41) is 21.4. The van der Waals surface area contributed by atoms with Gasteiger partial charge in [-0.15, -0.1) is 0 Å². The highest BCUT2D eigenvalue weighted by Gasteiger charge is 2.41. The number of likely N-dealkylation sites (tertiary alicyclic amines) is 1. The zero-order chi connectivity index (χ0) is 27.4. The summed E-state index contributed by atoms with van der Waals surface area (Å²) in [5.41, 5.74) is -0.690. The second-order valence-electron chi connectivity index (χ2n) is 9.84. The Bertz CT molecular complexity index is 1290. The van der Waals surface area contributed by atoms with Gasteiger partial charge in [-0.05, 0) is 76.4 Å². The van der Waals surface area contributed by atoms with Gasteiger partial charge in [-0.25, -0.2) is 17.6 Å². The molecule has 4 rings (SSSR count). The van der Waals surface area contributed by atoms with Crippen molar-refractivity contribution >= 4 is 16.9 Å². The molecule has 0 spiro atoms. The second-order valence-corrected chi connectivity index (χ2v) is 9.84. The average molecular weight is 535 g/mol. The summed E-state index contributed by atoms with van der Waals surface area (Å²) in [6.07, 6.45) is 1.17. The van der Waals surface area contributed by atoms with Crippen LogP contribution in [-0.2, 0) is 11.2 Å². The lowest BCUT2D eigenvalue weighted by Gasteiger charge is -2.39. The van der Waals surface area contributed by atoms with E-state index < -0.39 is 40.8 Å². The molecule has 0 amide bonds. The van der Waals surface area contributed by atoms with Gasteiger partial charge in [0.1, 0.15) is 29.0 Å². The van der Waals surface area contributed by atoms with Crippen molar-refractivity contribution in [3.05, 3.63) is 70.9 Å². The molecular formula is C28H30F4N2O4. The number of rotatable bonds is 10. The number of methoxy groups -OCH3 is 1. The number of carbonyl (C=O) groups is 1. The summed E-state index contributed by atoms with van der Waals surface area (Å²) in [4.78, 5) is 18.4. The second kappa shape index (κ2) is 11.7. The molecule has 1 fully saturated rings. The fraction of sp³-hybridized carbons (Fsp3) is 0.429. The number of carboxylic acid groups (broad SMARTS) is 1. The third-order valence-corrected chi connectivity index (χ3v) is 7.57. The van der Waals surface area contributed by atoms with E-state index in [1.54, 1.807) is 18.2 Å². The predicted octanol–water partition coefficient (Wildman–Crippen LogP) is 5.41. The molecule has 10 heteroatoms. The number of ether oxygens (including phenoxy) is 1. The first-order valence-corrected chi connectivity index (χ1v) is 12.5. The van der Waals surface area contributed by atoms with Crippen LogP contribution in [0.4, 0.5) is 17.6 Å². The van der Waals surface area contributed by atoms with E-state index in [-0.39, 0.29) is 30.4 Å². The molecule has 6 nitrogen and oxygen atoms in total. The number of pyridine rings is 1. The third-order valence-electron chi connectivity index (χ3n) is 7.57. The maximum atomic E-state index is 14.7. The highest BCUT2D eigenvalue weighted by atomic mass is 19.1. The van der Waals surface area contributed by atoms with E-state index in [9.17, 15) is 32.6 Å². The smallest absolute Gasteiger partial charge is 0.309 e. The van der Waals surface area contributed by atoms with E-state index in [4.69, 9.17) is 4.74 Å². The zero-order valence-corrected chi connectivity index (χ0v) is 21.0. The first kappa shape index (κ1) is 27.8. The number of piperidine rings is 1. The van der Waals surface area contributed by atoms with Gasteiger partial charge in [-0.3, -0.25) is 9.78 Å². The number of aliphatic hydroxyl groups is 1. The normalized spacial score (nSPS) is 16.5. The Balaban J connectivity index is 1.37. The fourth-order valence-corrected chi connectivity index (χ4v) is 5.26. The molecule has 3 aromatic rings. The van der Waals surface area contributed by atoms with Crippen LogP contribution in [0.1, 0.15) is 49.3 Å². The van der Waals surface area contributed by atoms with Gasteiger partial charge < -0.3 is 19.8 Å². The fourth-order valence-electron chi connectivity index (χ4n) is 5.26. The van der Waals surface area contributed by atoms with Crippen LogP contribution in [0.5, 0.6) is 5.75 Å². The summed E-state index contributed by atoms with van der Waals surface area (Å²) in [7, 11) is 1.48. The van der Waals surface area contributed by atoms with Crippen LogP contribution < -0.4 is 4.74 Å². The van der Waals surface area contributed by atoms with Crippen LogP contribution in [0.25, 0.3) is 10.9 Å². The Kier molecular flexibility index (Phi) is 8.52. The van der Waals surface area contributed by atoms with Gasteiger partial charge >= 0.3 is 5.97 Å². The van der Waals surface area contributed by atoms with E-state index in [2.05, 4.69) is 4.98 Å². The Morgan fingerprint density at radius 3 is 2.42 bits per heavy atom. The van der Waals surface area contributed by atoms with Gasteiger partial charge in [-0.2, -0.15) is 0 Å². The third kappa shape index (κ3) is 5.91. The van der Waals surface area contributed by atoms with E-state index >= 15 is 0 Å².